The Balaban J connectivity index is 3.16. The van der Waals surface area contributed by atoms with Crippen LogP contribution in [0.3, 0.4) is 0 Å². The third-order valence-corrected chi connectivity index (χ3v) is 3.31. The summed E-state index contributed by atoms with van der Waals surface area (Å²) in [5.41, 5.74) is 6.30. The fourth-order valence-corrected chi connectivity index (χ4v) is 2.06. The summed E-state index contributed by atoms with van der Waals surface area (Å²) in [6, 6.07) is 2.12. The number of halogens is 1. The van der Waals surface area contributed by atoms with E-state index in [2.05, 4.69) is 34.4 Å². The van der Waals surface area contributed by atoms with E-state index >= 15 is 0 Å². The Morgan fingerprint density at radius 1 is 1.27 bits per heavy atom. The molecule has 84 valence electrons. The van der Waals surface area contributed by atoms with Crippen LogP contribution in [0.15, 0.2) is 10.5 Å². The number of aryl methyl sites for hydroxylation is 2. The first-order valence-corrected chi connectivity index (χ1v) is 5.49. The largest absolute Gasteiger partial charge is 0.495 e. The first-order valence-electron chi connectivity index (χ1n) is 4.70. The maximum atomic E-state index is 5.39. The van der Waals surface area contributed by atoms with Crippen LogP contribution in [0.25, 0.3) is 0 Å². The van der Waals surface area contributed by atoms with Gasteiger partial charge in [0.2, 0.25) is 0 Å². The maximum absolute atomic E-state index is 5.39. The van der Waals surface area contributed by atoms with Crippen LogP contribution in [0.1, 0.15) is 16.7 Å². The highest BCUT2D eigenvalue weighted by Crippen LogP contribution is 2.34. The summed E-state index contributed by atoms with van der Waals surface area (Å²) in [7, 11) is 3.28. The van der Waals surface area contributed by atoms with Crippen molar-refractivity contribution in [2.24, 2.45) is 0 Å². The SMILES string of the molecule is CONCc1c(C)cc(C)c(Br)c1OC. The van der Waals surface area contributed by atoms with Crippen molar-refractivity contribution in [2.75, 3.05) is 14.2 Å². The van der Waals surface area contributed by atoms with Crippen LogP contribution in [0.4, 0.5) is 0 Å². The Bertz CT molecular complexity index is 353. The second kappa shape index (κ2) is 5.49. The minimum absolute atomic E-state index is 0.629. The molecule has 1 aromatic rings. The van der Waals surface area contributed by atoms with Gasteiger partial charge in [-0.25, -0.2) is 0 Å². The van der Waals surface area contributed by atoms with E-state index in [4.69, 9.17) is 9.57 Å². The monoisotopic (exact) mass is 273 g/mol. The first-order chi connectivity index (χ1) is 7.11. The molecule has 0 unspecified atom stereocenters. The van der Waals surface area contributed by atoms with Gasteiger partial charge in [-0.2, -0.15) is 5.48 Å². The van der Waals surface area contributed by atoms with Gasteiger partial charge in [0.05, 0.1) is 18.7 Å². The molecule has 0 atom stereocenters. The van der Waals surface area contributed by atoms with E-state index in [1.165, 1.54) is 11.1 Å². The highest BCUT2D eigenvalue weighted by Gasteiger charge is 2.12. The van der Waals surface area contributed by atoms with Crippen molar-refractivity contribution in [1.82, 2.24) is 5.48 Å². The van der Waals surface area contributed by atoms with Gasteiger partial charge in [-0.3, -0.25) is 0 Å². The number of hydroxylamine groups is 1. The zero-order valence-electron chi connectivity index (χ0n) is 9.48. The third-order valence-electron chi connectivity index (χ3n) is 2.33. The number of methoxy groups -OCH3 is 1. The molecule has 3 nitrogen and oxygen atoms in total. The number of rotatable bonds is 4. The lowest BCUT2D eigenvalue weighted by atomic mass is 10.0. The Labute approximate surface area is 98.9 Å². The lowest BCUT2D eigenvalue weighted by Gasteiger charge is -2.15. The van der Waals surface area contributed by atoms with Gasteiger partial charge >= 0.3 is 0 Å². The number of hydrogen-bond acceptors (Lipinski definition) is 3. The zero-order valence-corrected chi connectivity index (χ0v) is 11.1. The lowest BCUT2D eigenvalue weighted by Crippen LogP contribution is -2.13. The average molecular weight is 274 g/mol. The van der Waals surface area contributed by atoms with Crippen LogP contribution in [0.5, 0.6) is 5.75 Å². The molecule has 0 aliphatic carbocycles. The highest BCUT2D eigenvalue weighted by molar-refractivity contribution is 9.10. The topological polar surface area (TPSA) is 30.5 Å². The highest BCUT2D eigenvalue weighted by atomic mass is 79.9. The molecule has 4 heteroatoms. The van der Waals surface area contributed by atoms with Crippen LogP contribution in [0, 0.1) is 13.8 Å². The van der Waals surface area contributed by atoms with Crippen molar-refractivity contribution in [1.29, 1.82) is 0 Å². The van der Waals surface area contributed by atoms with Crippen molar-refractivity contribution < 1.29 is 9.57 Å². The molecule has 0 spiro atoms. The Morgan fingerprint density at radius 2 is 1.93 bits per heavy atom. The molecular weight excluding hydrogens is 258 g/mol. The van der Waals surface area contributed by atoms with E-state index < -0.39 is 0 Å². The van der Waals surface area contributed by atoms with Gasteiger partial charge in [0, 0.05) is 12.1 Å². The van der Waals surface area contributed by atoms with Gasteiger partial charge < -0.3 is 9.57 Å². The molecule has 0 fully saturated rings. The van der Waals surface area contributed by atoms with Crippen molar-refractivity contribution >= 4 is 15.9 Å². The number of benzene rings is 1. The number of hydrogen-bond donors (Lipinski definition) is 1. The van der Waals surface area contributed by atoms with E-state index in [0.717, 1.165) is 15.8 Å². The molecule has 0 aliphatic heterocycles. The second-order valence-electron chi connectivity index (χ2n) is 3.36. The predicted molar refractivity (Wildman–Crippen MR) is 64.0 cm³/mol. The molecule has 0 aliphatic rings. The molecule has 1 rings (SSSR count). The van der Waals surface area contributed by atoms with Gasteiger partial charge in [-0.1, -0.05) is 6.07 Å². The normalized spacial score (nSPS) is 10.5. The lowest BCUT2D eigenvalue weighted by molar-refractivity contribution is 0.0859. The molecule has 0 heterocycles. The van der Waals surface area contributed by atoms with Crippen LogP contribution >= 0.6 is 15.9 Å². The summed E-state index contributed by atoms with van der Waals surface area (Å²) in [6.07, 6.45) is 0. The average Bonchev–Trinajstić information content (AvgIpc) is 2.21. The molecule has 15 heavy (non-hydrogen) atoms. The van der Waals surface area contributed by atoms with Crippen LogP contribution in [-0.4, -0.2) is 14.2 Å². The van der Waals surface area contributed by atoms with Gasteiger partial charge in [0.25, 0.3) is 0 Å². The van der Waals surface area contributed by atoms with Gasteiger partial charge in [0.1, 0.15) is 5.75 Å². The summed E-state index contributed by atoms with van der Waals surface area (Å²) < 4.78 is 6.40. The second-order valence-corrected chi connectivity index (χ2v) is 4.15. The van der Waals surface area contributed by atoms with Crippen molar-refractivity contribution in [3.05, 3.63) is 27.2 Å². The first kappa shape index (κ1) is 12.5. The van der Waals surface area contributed by atoms with Crippen LogP contribution in [-0.2, 0) is 11.4 Å². The molecule has 0 bridgehead atoms. The molecule has 0 saturated carbocycles. The van der Waals surface area contributed by atoms with Crippen LogP contribution < -0.4 is 10.2 Å². The smallest absolute Gasteiger partial charge is 0.138 e. The van der Waals surface area contributed by atoms with E-state index in [-0.39, 0.29) is 0 Å². The Morgan fingerprint density at radius 3 is 2.47 bits per heavy atom. The third kappa shape index (κ3) is 2.71. The van der Waals surface area contributed by atoms with E-state index in [0.29, 0.717) is 6.54 Å². The molecule has 1 aromatic carbocycles. The van der Waals surface area contributed by atoms with E-state index in [9.17, 15) is 0 Å². The van der Waals surface area contributed by atoms with E-state index in [1.54, 1.807) is 14.2 Å². The van der Waals surface area contributed by atoms with Gasteiger partial charge in [-0.05, 0) is 40.9 Å². The molecule has 1 N–H and O–H groups in total. The van der Waals surface area contributed by atoms with Crippen LogP contribution in [0.2, 0.25) is 0 Å². The van der Waals surface area contributed by atoms with Crippen molar-refractivity contribution in [3.8, 4) is 5.75 Å². The number of ether oxygens (including phenoxy) is 1. The minimum Gasteiger partial charge on any atom is -0.495 e. The summed E-state index contributed by atoms with van der Waals surface area (Å²) in [5, 5.41) is 0. The molecule has 0 aromatic heterocycles. The van der Waals surface area contributed by atoms with Gasteiger partial charge in [0.15, 0.2) is 0 Å². The quantitative estimate of drug-likeness (QED) is 0.856. The summed E-state index contributed by atoms with van der Waals surface area (Å²) in [5.74, 6) is 0.872. The molecule has 0 amide bonds. The van der Waals surface area contributed by atoms with E-state index in [1.807, 2.05) is 6.92 Å². The number of nitrogens with one attached hydrogen (secondary N) is 1. The van der Waals surface area contributed by atoms with Crippen molar-refractivity contribution in [3.63, 3.8) is 0 Å². The zero-order chi connectivity index (χ0) is 11.4. The Kier molecular flexibility index (Phi) is 4.57. The van der Waals surface area contributed by atoms with Crippen molar-refractivity contribution in [2.45, 2.75) is 20.4 Å². The molecular formula is C11H16BrNO2. The fourth-order valence-electron chi connectivity index (χ4n) is 1.54. The van der Waals surface area contributed by atoms with Gasteiger partial charge in [-0.15, -0.1) is 0 Å². The summed E-state index contributed by atoms with van der Waals surface area (Å²) in [4.78, 5) is 4.85. The Hall–Kier alpha value is -0.580. The minimum atomic E-state index is 0.629. The maximum Gasteiger partial charge on any atom is 0.138 e. The predicted octanol–water partition coefficient (Wildman–Crippen LogP) is 2.73. The fraction of sp³-hybridized carbons (Fsp3) is 0.455. The molecule has 0 saturated heterocycles. The summed E-state index contributed by atoms with van der Waals surface area (Å²) in [6.45, 7) is 4.74. The summed E-state index contributed by atoms with van der Waals surface area (Å²) >= 11 is 3.52. The molecule has 0 radical (unpaired) electrons. The standard InChI is InChI=1S/C11H16BrNO2/c1-7-5-8(2)10(12)11(14-3)9(7)6-13-15-4/h5,13H,6H2,1-4H3.